The summed E-state index contributed by atoms with van der Waals surface area (Å²) in [6, 6.07) is 59.1. The van der Waals surface area contributed by atoms with Gasteiger partial charge in [-0.05, 0) is 40.4 Å². The molecule has 0 radical (unpaired) electrons. The Labute approximate surface area is 298 Å². The summed E-state index contributed by atoms with van der Waals surface area (Å²) in [5, 5.41) is 9.25. The van der Waals surface area contributed by atoms with E-state index in [9.17, 15) is 0 Å². The Balaban J connectivity index is 1.20. The van der Waals surface area contributed by atoms with E-state index in [4.69, 9.17) is 19.4 Å². The van der Waals surface area contributed by atoms with Crippen LogP contribution in [0.5, 0.6) is 0 Å². The fourth-order valence-electron chi connectivity index (χ4n) is 7.85. The van der Waals surface area contributed by atoms with Crippen molar-refractivity contribution in [1.29, 1.82) is 0 Å². The van der Waals surface area contributed by atoms with Crippen LogP contribution in [0.2, 0.25) is 0 Å². The van der Waals surface area contributed by atoms with Crippen molar-refractivity contribution in [3.63, 3.8) is 0 Å². The van der Waals surface area contributed by atoms with Crippen LogP contribution in [0.3, 0.4) is 0 Å². The molecule has 0 atom stereocenters. The van der Waals surface area contributed by atoms with E-state index in [1.165, 1.54) is 21.5 Å². The Morgan fingerprint density at radius 2 is 0.981 bits per heavy atom. The molecule has 0 saturated carbocycles. The third-order valence-electron chi connectivity index (χ3n) is 10.2. The summed E-state index contributed by atoms with van der Waals surface area (Å²) in [5.41, 5.74) is 7.61. The molecule has 0 aliphatic carbocycles. The molecule has 0 aliphatic rings. The number of benzene rings is 8. The Morgan fingerprint density at radius 3 is 1.71 bits per heavy atom. The molecule has 3 aromatic heterocycles. The minimum absolute atomic E-state index is 0.566. The van der Waals surface area contributed by atoms with Gasteiger partial charge in [-0.15, -0.1) is 0 Å². The number of fused-ring (bicyclic) bond motifs is 9. The Hall–Kier alpha value is -7.11. The van der Waals surface area contributed by atoms with Gasteiger partial charge in [-0.3, -0.25) is 0 Å². The summed E-state index contributed by atoms with van der Waals surface area (Å²) < 4.78 is 9.36. The first-order valence-corrected chi connectivity index (χ1v) is 17.5. The Kier molecular flexibility index (Phi) is 6.18. The predicted molar refractivity (Wildman–Crippen MR) is 213 cm³/mol. The normalized spacial score (nSPS) is 11.8. The lowest BCUT2D eigenvalue weighted by Crippen LogP contribution is -2.00. The summed E-state index contributed by atoms with van der Waals surface area (Å²) >= 11 is 0. The largest absolute Gasteiger partial charge is 0.455 e. The average Bonchev–Trinajstić information content (AvgIpc) is 3.75. The summed E-state index contributed by atoms with van der Waals surface area (Å²) in [5.74, 6) is 1.80. The maximum absolute atomic E-state index is 6.96. The summed E-state index contributed by atoms with van der Waals surface area (Å²) in [4.78, 5) is 15.0. The molecule has 242 valence electrons. The van der Waals surface area contributed by atoms with E-state index in [0.29, 0.717) is 17.5 Å². The molecular weight excluding hydrogens is 637 g/mol. The molecule has 0 unspecified atom stereocenters. The van der Waals surface area contributed by atoms with Crippen molar-refractivity contribution in [3.05, 3.63) is 170 Å². The van der Waals surface area contributed by atoms with E-state index >= 15 is 0 Å². The molecule has 0 saturated heterocycles. The number of para-hydroxylation sites is 2. The first kappa shape index (κ1) is 28.7. The van der Waals surface area contributed by atoms with Gasteiger partial charge in [-0.1, -0.05) is 140 Å². The topological polar surface area (TPSA) is 56.7 Å². The lowest BCUT2D eigenvalue weighted by Gasteiger charge is -2.13. The van der Waals surface area contributed by atoms with E-state index in [1.807, 2.05) is 66.7 Å². The molecule has 0 aliphatic heterocycles. The SMILES string of the molecule is c1ccc(-c2nc(-c3ccccc3)nc(-c3cccc4c3oc3cc(-n5c6ccccc6c6cc7ccccc7cc65)c5ccccc5c34)n2)cc1. The van der Waals surface area contributed by atoms with Crippen molar-refractivity contribution in [1.82, 2.24) is 19.5 Å². The van der Waals surface area contributed by atoms with Gasteiger partial charge >= 0.3 is 0 Å². The van der Waals surface area contributed by atoms with E-state index in [-0.39, 0.29) is 0 Å². The van der Waals surface area contributed by atoms with Crippen LogP contribution in [0.25, 0.3) is 105 Å². The van der Waals surface area contributed by atoms with E-state index in [2.05, 4.69) is 108 Å². The summed E-state index contributed by atoms with van der Waals surface area (Å²) in [7, 11) is 0. The molecule has 0 N–H and O–H groups in total. The second-order valence-corrected chi connectivity index (χ2v) is 13.2. The van der Waals surface area contributed by atoms with Crippen LogP contribution < -0.4 is 0 Å². The van der Waals surface area contributed by atoms with Gasteiger partial charge in [0.15, 0.2) is 17.5 Å². The van der Waals surface area contributed by atoms with Gasteiger partial charge < -0.3 is 8.98 Å². The van der Waals surface area contributed by atoms with Crippen LogP contribution in [0.1, 0.15) is 0 Å². The predicted octanol–water partition coefficient (Wildman–Crippen LogP) is 12.2. The van der Waals surface area contributed by atoms with Crippen LogP contribution in [0, 0.1) is 0 Å². The fourth-order valence-corrected chi connectivity index (χ4v) is 7.85. The zero-order valence-electron chi connectivity index (χ0n) is 27.9. The number of nitrogens with zero attached hydrogens (tertiary/aromatic N) is 4. The van der Waals surface area contributed by atoms with Crippen LogP contribution in [0.15, 0.2) is 174 Å². The first-order chi connectivity index (χ1) is 25.8. The lowest BCUT2D eigenvalue weighted by atomic mass is 10.0. The quantitative estimate of drug-likeness (QED) is 0.188. The number of rotatable bonds is 4. The highest BCUT2D eigenvalue weighted by Gasteiger charge is 2.22. The van der Waals surface area contributed by atoms with Gasteiger partial charge in [-0.25, -0.2) is 15.0 Å². The summed E-state index contributed by atoms with van der Waals surface area (Å²) in [6.07, 6.45) is 0. The fraction of sp³-hybridized carbons (Fsp3) is 0. The second kappa shape index (κ2) is 11.2. The molecule has 0 amide bonds. The van der Waals surface area contributed by atoms with Crippen molar-refractivity contribution in [2.24, 2.45) is 0 Å². The van der Waals surface area contributed by atoms with E-state index in [0.717, 1.165) is 66.1 Å². The molecule has 0 bridgehead atoms. The Bertz CT molecular complexity index is 3120. The average molecular weight is 665 g/mol. The zero-order valence-corrected chi connectivity index (χ0v) is 27.9. The van der Waals surface area contributed by atoms with Gasteiger partial charge in [-0.2, -0.15) is 0 Å². The molecule has 8 aromatic carbocycles. The molecule has 11 aromatic rings. The molecule has 5 nitrogen and oxygen atoms in total. The van der Waals surface area contributed by atoms with Gasteiger partial charge in [0.25, 0.3) is 0 Å². The molecule has 3 heterocycles. The maximum Gasteiger partial charge on any atom is 0.167 e. The number of hydrogen-bond donors (Lipinski definition) is 0. The molecular formula is C47H28N4O. The molecule has 11 rings (SSSR count). The monoisotopic (exact) mass is 664 g/mol. The van der Waals surface area contributed by atoms with E-state index in [1.54, 1.807) is 0 Å². The van der Waals surface area contributed by atoms with Crippen molar-refractivity contribution in [2.45, 2.75) is 0 Å². The van der Waals surface area contributed by atoms with Crippen molar-refractivity contribution >= 4 is 65.3 Å². The van der Waals surface area contributed by atoms with Crippen LogP contribution in [-0.2, 0) is 0 Å². The maximum atomic E-state index is 6.96. The van der Waals surface area contributed by atoms with Crippen molar-refractivity contribution in [3.8, 4) is 39.9 Å². The first-order valence-electron chi connectivity index (χ1n) is 17.5. The van der Waals surface area contributed by atoms with Gasteiger partial charge in [0.1, 0.15) is 11.2 Å². The van der Waals surface area contributed by atoms with Crippen LogP contribution >= 0.6 is 0 Å². The highest BCUT2D eigenvalue weighted by molar-refractivity contribution is 6.23. The van der Waals surface area contributed by atoms with E-state index < -0.39 is 0 Å². The highest BCUT2D eigenvalue weighted by Crippen LogP contribution is 2.43. The smallest absolute Gasteiger partial charge is 0.167 e. The molecule has 0 fully saturated rings. The van der Waals surface area contributed by atoms with Crippen molar-refractivity contribution in [2.75, 3.05) is 0 Å². The minimum atomic E-state index is 0.566. The van der Waals surface area contributed by atoms with Gasteiger partial charge in [0.2, 0.25) is 0 Å². The van der Waals surface area contributed by atoms with Crippen LogP contribution in [0.4, 0.5) is 0 Å². The zero-order chi connectivity index (χ0) is 34.2. The lowest BCUT2D eigenvalue weighted by molar-refractivity contribution is 0.669. The third kappa shape index (κ3) is 4.33. The second-order valence-electron chi connectivity index (χ2n) is 13.2. The van der Waals surface area contributed by atoms with Crippen LogP contribution in [-0.4, -0.2) is 19.5 Å². The molecule has 52 heavy (non-hydrogen) atoms. The van der Waals surface area contributed by atoms with Gasteiger partial charge in [0.05, 0.1) is 22.3 Å². The Morgan fingerprint density at radius 1 is 0.404 bits per heavy atom. The number of furan rings is 1. The molecule has 0 spiro atoms. The third-order valence-corrected chi connectivity index (χ3v) is 10.2. The number of aromatic nitrogens is 4. The minimum Gasteiger partial charge on any atom is -0.455 e. The van der Waals surface area contributed by atoms with Crippen molar-refractivity contribution < 1.29 is 4.42 Å². The molecule has 5 heteroatoms. The standard InChI is InChI=1S/C47H28N4O/c1-3-14-29(15-4-1)45-48-46(30-16-5-2-6-17-30)50-47(49-45)37-24-13-23-36-43-35-22-10-9-20-33(35)41(28-42(43)52-44(36)37)51-39-25-12-11-21-34(39)38-26-31-18-7-8-19-32(31)27-40(38)51/h1-28H. The van der Waals surface area contributed by atoms with Gasteiger partial charge in [0, 0.05) is 44.1 Å². The highest BCUT2D eigenvalue weighted by atomic mass is 16.3. The number of hydrogen-bond acceptors (Lipinski definition) is 4. The summed E-state index contributed by atoms with van der Waals surface area (Å²) in [6.45, 7) is 0.